The number of amides is 1. The van der Waals surface area contributed by atoms with Gasteiger partial charge >= 0.3 is 0 Å². The van der Waals surface area contributed by atoms with Crippen molar-refractivity contribution in [3.8, 4) is 0 Å². The summed E-state index contributed by atoms with van der Waals surface area (Å²) >= 11 is 5.44. The van der Waals surface area contributed by atoms with Crippen molar-refractivity contribution in [2.75, 3.05) is 13.1 Å². The third-order valence-corrected chi connectivity index (χ3v) is 5.49. The molecule has 0 fully saturated rings. The molecule has 0 bridgehead atoms. The van der Waals surface area contributed by atoms with Gasteiger partial charge in [0.2, 0.25) is 5.91 Å². The van der Waals surface area contributed by atoms with Crippen LogP contribution in [0.4, 0.5) is 0 Å². The number of nitrogens with one attached hydrogen (secondary N) is 1. The van der Waals surface area contributed by atoms with Crippen LogP contribution in [0.5, 0.6) is 0 Å². The monoisotopic (exact) mass is 398 g/mol. The third kappa shape index (κ3) is 18.5. The van der Waals surface area contributed by atoms with Gasteiger partial charge in [0.15, 0.2) is 5.11 Å². The maximum atomic E-state index is 11.3. The van der Waals surface area contributed by atoms with Crippen molar-refractivity contribution in [3.05, 3.63) is 0 Å². The summed E-state index contributed by atoms with van der Waals surface area (Å²) in [6.07, 6.45) is 21.1. The number of carbonyl (C=O) groups is 1. The summed E-state index contributed by atoms with van der Waals surface area (Å²) < 4.78 is 0. The lowest BCUT2D eigenvalue weighted by Crippen LogP contribution is -2.42. The van der Waals surface area contributed by atoms with Crippen molar-refractivity contribution in [2.45, 2.75) is 124 Å². The molecule has 0 spiro atoms. The van der Waals surface area contributed by atoms with Gasteiger partial charge in [-0.2, -0.15) is 0 Å². The largest absolute Gasteiger partial charge is 0.349 e. The topological polar surface area (TPSA) is 32.3 Å². The molecule has 0 unspecified atom stereocenters. The maximum absolute atomic E-state index is 11.3. The number of hydrogen-bond acceptors (Lipinski definition) is 2. The summed E-state index contributed by atoms with van der Waals surface area (Å²) in [5.74, 6) is -0.0585. The molecule has 0 aromatic rings. The van der Waals surface area contributed by atoms with E-state index in [0.717, 1.165) is 13.1 Å². The van der Waals surface area contributed by atoms with Gasteiger partial charge in [0.05, 0.1) is 0 Å². The van der Waals surface area contributed by atoms with Gasteiger partial charge in [-0.15, -0.1) is 0 Å². The molecule has 0 heterocycles. The van der Waals surface area contributed by atoms with E-state index >= 15 is 0 Å². The van der Waals surface area contributed by atoms with E-state index in [4.69, 9.17) is 12.2 Å². The first-order valence-electron chi connectivity index (χ1n) is 11.7. The summed E-state index contributed by atoms with van der Waals surface area (Å²) in [6, 6.07) is 0. The minimum absolute atomic E-state index is 0.0585. The summed E-state index contributed by atoms with van der Waals surface area (Å²) in [5, 5.41) is 3.43. The molecule has 0 aliphatic carbocycles. The fourth-order valence-corrected chi connectivity index (χ4v) is 3.74. The molecule has 3 nitrogen and oxygen atoms in total. The summed E-state index contributed by atoms with van der Waals surface area (Å²) in [5.41, 5.74) is 0. The van der Waals surface area contributed by atoms with Gasteiger partial charge in [-0.25, -0.2) is 0 Å². The van der Waals surface area contributed by atoms with Crippen LogP contribution in [-0.2, 0) is 4.79 Å². The van der Waals surface area contributed by atoms with Gasteiger partial charge in [-0.3, -0.25) is 4.79 Å². The average Bonchev–Trinajstić information content (AvgIpc) is 2.63. The molecule has 0 aliphatic heterocycles. The summed E-state index contributed by atoms with van der Waals surface area (Å²) in [6.45, 7) is 8.02. The van der Waals surface area contributed by atoms with Crippen LogP contribution in [0.1, 0.15) is 124 Å². The number of hydrogen-bond donors (Lipinski definition) is 1. The lowest BCUT2D eigenvalue weighted by Gasteiger charge is -2.25. The Labute approximate surface area is 175 Å². The zero-order valence-electron chi connectivity index (χ0n) is 18.5. The first-order valence-corrected chi connectivity index (χ1v) is 12.1. The molecule has 160 valence electrons. The number of thiocarbonyl (C=S) groups is 1. The molecular weight excluding hydrogens is 352 g/mol. The van der Waals surface area contributed by atoms with E-state index in [9.17, 15) is 4.79 Å². The normalized spacial score (nSPS) is 10.8. The second-order valence-electron chi connectivity index (χ2n) is 7.92. The van der Waals surface area contributed by atoms with E-state index in [1.165, 1.54) is 110 Å². The predicted molar refractivity (Wildman–Crippen MR) is 123 cm³/mol. The Morgan fingerprint density at radius 3 is 1.33 bits per heavy atom. The van der Waals surface area contributed by atoms with Crippen LogP contribution >= 0.6 is 12.2 Å². The third-order valence-electron chi connectivity index (χ3n) is 5.13. The number of rotatable bonds is 18. The highest BCUT2D eigenvalue weighted by Crippen LogP contribution is 2.11. The van der Waals surface area contributed by atoms with Crippen molar-refractivity contribution in [2.24, 2.45) is 0 Å². The van der Waals surface area contributed by atoms with Crippen molar-refractivity contribution in [1.82, 2.24) is 10.2 Å². The van der Waals surface area contributed by atoms with Crippen LogP contribution in [0.3, 0.4) is 0 Å². The van der Waals surface area contributed by atoms with E-state index in [1.807, 2.05) is 0 Å². The Morgan fingerprint density at radius 1 is 0.667 bits per heavy atom. The fourth-order valence-electron chi connectivity index (χ4n) is 3.42. The molecular formula is C23H46N2OS. The van der Waals surface area contributed by atoms with Crippen molar-refractivity contribution in [3.63, 3.8) is 0 Å². The van der Waals surface area contributed by atoms with Crippen LogP contribution in [0.2, 0.25) is 0 Å². The van der Waals surface area contributed by atoms with Crippen LogP contribution < -0.4 is 5.32 Å². The first-order chi connectivity index (χ1) is 13.1. The van der Waals surface area contributed by atoms with Gasteiger partial charge in [0.25, 0.3) is 0 Å². The molecule has 0 aliphatic rings. The van der Waals surface area contributed by atoms with E-state index in [-0.39, 0.29) is 5.91 Å². The molecule has 0 aromatic carbocycles. The van der Waals surface area contributed by atoms with Gasteiger partial charge < -0.3 is 10.2 Å². The van der Waals surface area contributed by atoms with Crippen LogP contribution in [0, 0.1) is 0 Å². The van der Waals surface area contributed by atoms with Crippen molar-refractivity contribution in [1.29, 1.82) is 0 Å². The highest BCUT2D eigenvalue weighted by molar-refractivity contribution is 7.80. The zero-order valence-corrected chi connectivity index (χ0v) is 19.3. The lowest BCUT2D eigenvalue weighted by molar-refractivity contribution is -0.117. The number of nitrogens with zero attached hydrogens (tertiary/aromatic N) is 1. The molecule has 1 N–H and O–H groups in total. The lowest BCUT2D eigenvalue weighted by atomic mass is 10.1. The summed E-state index contributed by atoms with van der Waals surface area (Å²) in [4.78, 5) is 13.5. The average molecular weight is 399 g/mol. The molecule has 0 saturated carbocycles. The Bertz CT molecular complexity index is 340. The second kappa shape index (κ2) is 20.1. The maximum Gasteiger partial charge on any atom is 0.222 e. The standard InChI is InChI=1S/C23H46N2OS/c1-4-6-8-10-12-14-16-18-20-25(23(27)24-22(3)26)21-19-17-15-13-11-9-7-5-2/h4-21H2,1-3H3,(H,24,26,27). The molecule has 1 amide bonds. The van der Waals surface area contributed by atoms with Crippen molar-refractivity contribution >= 4 is 23.2 Å². The van der Waals surface area contributed by atoms with Crippen LogP contribution in [-0.4, -0.2) is 29.0 Å². The van der Waals surface area contributed by atoms with E-state index in [1.54, 1.807) is 0 Å². The minimum atomic E-state index is -0.0585. The number of carbonyl (C=O) groups excluding carboxylic acids is 1. The molecule has 4 heteroatoms. The Balaban J connectivity index is 3.91. The van der Waals surface area contributed by atoms with Crippen LogP contribution in [0.15, 0.2) is 0 Å². The van der Waals surface area contributed by atoms with Crippen LogP contribution in [0.25, 0.3) is 0 Å². The van der Waals surface area contributed by atoms with Gasteiger partial charge in [-0.05, 0) is 25.1 Å². The molecule has 0 saturated heterocycles. The SMILES string of the molecule is CCCCCCCCCCN(CCCCCCCCCC)C(=S)NC(C)=O. The van der Waals surface area contributed by atoms with Gasteiger partial charge in [0, 0.05) is 20.0 Å². The smallest absolute Gasteiger partial charge is 0.222 e. The van der Waals surface area contributed by atoms with E-state index < -0.39 is 0 Å². The van der Waals surface area contributed by atoms with E-state index in [2.05, 4.69) is 24.1 Å². The minimum Gasteiger partial charge on any atom is -0.349 e. The summed E-state index contributed by atoms with van der Waals surface area (Å²) in [7, 11) is 0. The Hall–Kier alpha value is -0.640. The van der Waals surface area contributed by atoms with Crippen molar-refractivity contribution < 1.29 is 4.79 Å². The van der Waals surface area contributed by atoms with Gasteiger partial charge in [-0.1, -0.05) is 104 Å². The number of unbranched alkanes of at least 4 members (excludes halogenated alkanes) is 14. The molecule has 0 radical (unpaired) electrons. The fraction of sp³-hybridized carbons (Fsp3) is 0.913. The quantitative estimate of drug-likeness (QED) is 0.199. The van der Waals surface area contributed by atoms with Gasteiger partial charge in [0.1, 0.15) is 0 Å². The molecule has 0 atom stereocenters. The highest BCUT2D eigenvalue weighted by atomic mass is 32.1. The molecule has 0 rings (SSSR count). The van der Waals surface area contributed by atoms with E-state index in [0.29, 0.717) is 5.11 Å². The first kappa shape index (κ1) is 26.4. The predicted octanol–water partition coefficient (Wildman–Crippen LogP) is 6.99. The highest BCUT2D eigenvalue weighted by Gasteiger charge is 2.10. The molecule has 27 heavy (non-hydrogen) atoms. The second-order valence-corrected chi connectivity index (χ2v) is 8.31. The Morgan fingerprint density at radius 2 is 1.00 bits per heavy atom. The zero-order chi connectivity index (χ0) is 20.2. The molecule has 0 aromatic heterocycles. The Kier molecular flexibility index (Phi) is 19.6.